The number of hydrogen-bond acceptors (Lipinski definition) is 1. The molecular weight excluding hydrogens is 338 g/mol. The van der Waals surface area contributed by atoms with Crippen molar-refractivity contribution in [2.75, 3.05) is 0 Å². The normalized spacial score (nSPS) is 9.54. The van der Waals surface area contributed by atoms with E-state index in [9.17, 15) is 0 Å². The van der Waals surface area contributed by atoms with Crippen molar-refractivity contribution in [2.24, 2.45) is 0 Å². The molecule has 0 saturated carbocycles. The molecule has 0 spiro atoms. The van der Waals surface area contributed by atoms with Gasteiger partial charge in [-0.25, -0.2) is 0 Å². The molecule has 2 aromatic rings. The van der Waals surface area contributed by atoms with Gasteiger partial charge in [-0.15, -0.1) is 35.9 Å². The molecule has 0 fully saturated rings. The van der Waals surface area contributed by atoms with Crippen molar-refractivity contribution < 1.29 is 23.1 Å². The van der Waals surface area contributed by atoms with E-state index in [0.717, 1.165) is 11.3 Å². The quantitative estimate of drug-likeness (QED) is 0.721. The number of aromatic nitrogens is 1. The van der Waals surface area contributed by atoms with E-state index in [2.05, 4.69) is 11.1 Å². The molecule has 0 saturated heterocycles. The fourth-order valence-corrected chi connectivity index (χ4v) is 1.07. The summed E-state index contributed by atoms with van der Waals surface area (Å²) in [6.45, 7) is 0. The van der Waals surface area contributed by atoms with Gasteiger partial charge in [-0.2, -0.15) is 0 Å². The summed E-state index contributed by atoms with van der Waals surface area (Å²) in [5, 5.41) is 0. The first-order valence-corrected chi connectivity index (χ1v) is 3.85. The molecule has 1 aromatic carbocycles. The Morgan fingerprint density at radius 3 is 2.62 bits per heavy atom. The third kappa shape index (κ3) is 2.48. The number of benzene rings is 1. The molecule has 13 heavy (non-hydrogen) atoms. The van der Waals surface area contributed by atoms with E-state index in [0.29, 0.717) is 0 Å². The summed E-state index contributed by atoms with van der Waals surface area (Å²) >= 11 is 0. The van der Waals surface area contributed by atoms with Gasteiger partial charge in [0.1, 0.15) is 0 Å². The third-order valence-electron chi connectivity index (χ3n) is 1.65. The van der Waals surface area contributed by atoms with Crippen molar-refractivity contribution in [1.82, 2.24) is 4.98 Å². The van der Waals surface area contributed by atoms with E-state index in [-0.39, 0.29) is 20.1 Å². The van der Waals surface area contributed by atoms with Crippen LogP contribution in [-0.4, -0.2) is 4.98 Å². The maximum atomic E-state index is 5.00. The summed E-state index contributed by atoms with van der Waals surface area (Å²) in [6.07, 6.45) is 1.79. The predicted molar refractivity (Wildman–Crippen MR) is 50.6 cm³/mol. The Morgan fingerprint density at radius 2 is 2.00 bits per heavy atom. The number of nitrogens with zero attached hydrogens (tertiary/aromatic N) is 1. The molecule has 2 heteroatoms. The Morgan fingerprint density at radius 1 is 1.15 bits per heavy atom. The van der Waals surface area contributed by atoms with E-state index in [1.165, 1.54) is 0 Å². The first-order chi connectivity index (χ1) is 6.97. The zero-order valence-corrected chi connectivity index (χ0v) is 9.29. The van der Waals surface area contributed by atoms with E-state index in [1.54, 1.807) is 6.20 Å². The zero-order valence-electron chi connectivity index (χ0n) is 8.90. The van der Waals surface area contributed by atoms with Gasteiger partial charge in [0.05, 0.1) is 0 Å². The van der Waals surface area contributed by atoms with E-state index in [1.807, 2.05) is 42.5 Å². The molecule has 0 N–H and O–H groups in total. The summed E-state index contributed by atoms with van der Waals surface area (Å²) in [4.78, 5) is 4.22. The Bertz CT molecular complexity index is 316. The van der Waals surface area contributed by atoms with Crippen LogP contribution in [0.3, 0.4) is 0 Å². The van der Waals surface area contributed by atoms with Crippen LogP contribution < -0.4 is 0 Å². The average Bonchev–Trinajstić information content (AvgIpc) is 2.34. The van der Waals surface area contributed by atoms with E-state index >= 15 is 0 Å². The van der Waals surface area contributed by atoms with Crippen LogP contribution in [0.2, 0.25) is 0 Å². The molecular formula is C11H10IrN-. The number of hydrogen-bond donors (Lipinski definition) is 0. The molecule has 0 aliphatic heterocycles. The summed E-state index contributed by atoms with van der Waals surface area (Å²) < 4.78 is 10.0. The molecule has 0 aliphatic rings. The van der Waals surface area contributed by atoms with Crippen LogP contribution in [0, 0.1) is 6.07 Å². The topological polar surface area (TPSA) is 12.9 Å². The monoisotopic (exact) mass is 351 g/mol. The summed E-state index contributed by atoms with van der Waals surface area (Å²) in [5.41, 5.74) is 2.01. The SMILES string of the molecule is [2H][2H].[Ir].[c-]1ccccc1-c1ccccn1. The van der Waals surface area contributed by atoms with Gasteiger partial charge in [0.15, 0.2) is 0 Å². The van der Waals surface area contributed by atoms with Crippen LogP contribution in [0.25, 0.3) is 11.3 Å². The second-order valence-corrected chi connectivity index (χ2v) is 2.49. The maximum Gasteiger partial charge on any atom is 0.0160 e. The minimum atomic E-state index is 0. The van der Waals surface area contributed by atoms with Crippen molar-refractivity contribution in [3.05, 3.63) is 54.7 Å². The van der Waals surface area contributed by atoms with Crippen LogP contribution >= 0.6 is 0 Å². The van der Waals surface area contributed by atoms with Gasteiger partial charge in [-0.3, -0.25) is 0 Å². The van der Waals surface area contributed by atoms with Crippen molar-refractivity contribution >= 4 is 0 Å². The molecule has 1 radical (unpaired) electrons. The predicted octanol–water partition coefficient (Wildman–Crippen LogP) is 2.79. The van der Waals surface area contributed by atoms with Gasteiger partial charge in [0, 0.05) is 29.3 Å². The van der Waals surface area contributed by atoms with Crippen molar-refractivity contribution in [1.29, 1.82) is 0 Å². The summed E-state index contributed by atoms with van der Waals surface area (Å²) in [6, 6.07) is 16.8. The van der Waals surface area contributed by atoms with E-state index in [4.69, 9.17) is 2.97 Å². The first kappa shape index (κ1) is 8.61. The van der Waals surface area contributed by atoms with Crippen molar-refractivity contribution in [3.8, 4) is 11.3 Å². The summed E-state index contributed by atoms with van der Waals surface area (Å²) in [7, 11) is 0. The standard InChI is InChI=1S/C11H8N.Ir.H2/c1-2-6-10(7-3-1)11-8-4-5-9-12-11;;/h1-6,8-9H;;1H/q-1;;/i;;1+1D. The molecule has 1 nitrogen and oxygen atoms in total. The van der Waals surface area contributed by atoms with Crippen LogP contribution in [0.15, 0.2) is 48.7 Å². The van der Waals surface area contributed by atoms with Gasteiger partial charge >= 0.3 is 0 Å². The molecule has 69 valence electrons. The molecule has 0 unspecified atom stereocenters. The van der Waals surface area contributed by atoms with Gasteiger partial charge < -0.3 is 4.98 Å². The molecule has 0 amide bonds. The number of rotatable bonds is 1. The van der Waals surface area contributed by atoms with Gasteiger partial charge in [-0.05, 0) is 11.8 Å². The van der Waals surface area contributed by atoms with Crippen LogP contribution in [0.5, 0.6) is 0 Å². The maximum absolute atomic E-state index is 5.00. The Hall–Kier alpha value is -0.981. The second-order valence-electron chi connectivity index (χ2n) is 2.49. The smallest absolute Gasteiger partial charge is 0.0160 e. The van der Waals surface area contributed by atoms with Gasteiger partial charge in [-0.1, -0.05) is 12.1 Å². The van der Waals surface area contributed by atoms with Crippen molar-refractivity contribution in [3.63, 3.8) is 0 Å². The van der Waals surface area contributed by atoms with E-state index < -0.39 is 0 Å². The second kappa shape index (κ2) is 4.90. The third-order valence-corrected chi connectivity index (χ3v) is 1.65. The summed E-state index contributed by atoms with van der Waals surface area (Å²) in [5.74, 6) is 0. The number of pyridine rings is 1. The van der Waals surface area contributed by atoms with Gasteiger partial charge in [0.2, 0.25) is 0 Å². The molecule has 0 aliphatic carbocycles. The minimum absolute atomic E-state index is 0. The van der Waals surface area contributed by atoms with Crippen LogP contribution in [-0.2, 0) is 20.1 Å². The van der Waals surface area contributed by atoms with Crippen molar-refractivity contribution in [2.45, 2.75) is 0 Å². The first-order valence-electron chi connectivity index (χ1n) is 4.85. The largest absolute Gasteiger partial charge is 0.305 e. The fraction of sp³-hybridized carbons (Fsp3) is 0. The molecule has 0 bridgehead atoms. The Labute approximate surface area is 94.3 Å². The van der Waals surface area contributed by atoms with Crippen LogP contribution in [0.1, 0.15) is 2.97 Å². The molecule has 0 atom stereocenters. The average molecular weight is 350 g/mol. The Kier molecular flexibility index (Phi) is 3.25. The molecule has 1 aromatic heterocycles. The molecule has 2 rings (SSSR count). The van der Waals surface area contributed by atoms with Gasteiger partial charge in [0.25, 0.3) is 0 Å². The Balaban J connectivity index is 0.000000617. The molecule has 1 heterocycles. The fourth-order valence-electron chi connectivity index (χ4n) is 1.07. The minimum Gasteiger partial charge on any atom is -0.305 e. The zero-order chi connectivity index (χ0) is 10.2. The van der Waals surface area contributed by atoms with Crippen LogP contribution in [0.4, 0.5) is 0 Å².